The average molecular weight is 532 g/mol. The molecule has 2 aromatic carbocycles. The summed E-state index contributed by atoms with van der Waals surface area (Å²) in [5.41, 5.74) is 0.520. The van der Waals surface area contributed by atoms with Gasteiger partial charge in [0, 0.05) is 17.8 Å². The first-order chi connectivity index (χ1) is 15.5. The minimum atomic E-state index is -0.818. The summed E-state index contributed by atoms with van der Waals surface area (Å²) in [5.74, 6) is -3.10. The van der Waals surface area contributed by atoms with Crippen LogP contribution >= 0.6 is 46.4 Å². The van der Waals surface area contributed by atoms with Gasteiger partial charge in [-0.2, -0.15) is 0 Å². The van der Waals surface area contributed by atoms with E-state index in [9.17, 15) is 24.0 Å². The molecule has 0 spiro atoms. The first-order valence-electron chi connectivity index (χ1n) is 9.31. The Bertz CT molecular complexity index is 1150. The van der Waals surface area contributed by atoms with Crippen LogP contribution in [0.25, 0.3) is 0 Å². The Morgan fingerprint density at radius 1 is 0.879 bits per heavy atom. The van der Waals surface area contributed by atoms with Crippen molar-refractivity contribution in [2.75, 3.05) is 18.5 Å². The summed E-state index contributed by atoms with van der Waals surface area (Å²) in [7, 11) is 0. The first-order valence-corrected chi connectivity index (χ1v) is 10.8. The molecule has 0 fully saturated rings. The van der Waals surface area contributed by atoms with Crippen LogP contribution in [-0.4, -0.2) is 47.5 Å². The van der Waals surface area contributed by atoms with Crippen molar-refractivity contribution in [2.45, 2.75) is 13.3 Å². The van der Waals surface area contributed by atoms with E-state index in [0.29, 0.717) is 11.3 Å². The second kappa shape index (κ2) is 10.1. The smallest absolute Gasteiger partial charge is 0.308 e. The average Bonchev–Trinajstić information content (AvgIpc) is 3.03. The molecule has 0 atom stereocenters. The van der Waals surface area contributed by atoms with Crippen molar-refractivity contribution in [2.24, 2.45) is 0 Å². The lowest BCUT2D eigenvalue weighted by molar-refractivity contribution is -0.147. The standard InChI is InChI=1S/C21H14Cl4N2O6/c1-9(28)10-2-4-11(5-3-10)26-12(29)8-33-13(30)6-7-27-20(31)14-15(21(27)32)17(23)19(25)18(24)16(14)22/h2-5H,6-8H2,1H3,(H,26,29). The Morgan fingerprint density at radius 2 is 1.39 bits per heavy atom. The maximum Gasteiger partial charge on any atom is 0.308 e. The number of fused-ring (bicyclic) bond motifs is 1. The molecule has 172 valence electrons. The molecular formula is C21H14Cl4N2O6. The Kier molecular flexibility index (Phi) is 7.64. The molecule has 0 unspecified atom stereocenters. The van der Waals surface area contributed by atoms with Gasteiger partial charge in [0.15, 0.2) is 12.4 Å². The van der Waals surface area contributed by atoms with Gasteiger partial charge in [-0.25, -0.2) is 0 Å². The van der Waals surface area contributed by atoms with Gasteiger partial charge in [0.05, 0.1) is 37.6 Å². The summed E-state index contributed by atoms with van der Waals surface area (Å²) in [5, 5.41) is 1.77. The monoisotopic (exact) mass is 530 g/mol. The molecule has 0 aliphatic carbocycles. The van der Waals surface area contributed by atoms with Crippen molar-refractivity contribution in [3.05, 3.63) is 61.0 Å². The fourth-order valence-electron chi connectivity index (χ4n) is 3.01. The van der Waals surface area contributed by atoms with E-state index < -0.39 is 30.3 Å². The molecule has 2 aromatic rings. The summed E-state index contributed by atoms with van der Waals surface area (Å²) >= 11 is 24.0. The molecule has 0 aromatic heterocycles. The molecule has 12 heteroatoms. The largest absolute Gasteiger partial charge is 0.456 e. The zero-order valence-electron chi connectivity index (χ0n) is 16.8. The van der Waals surface area contributed by atoms with E-state index in [1.807, 2.05) is 0 Å². The molecule has 1 heterocycles. The number of benzene rings is 2. The Balaban J connectivity index is 1.54. The lowest BCUT2D eigenvalue weighted by Crippen LogP contribution is -2.32. The number of carbonyl (C=O) groups is 5. The highest BCUT2D eigenvalue weighted by atomic mass is 35.5. The molecular weight excluding hydrogens is 518 g/mol. The van der Waals surface area contributed by atoms with Crippen LogP contribution < -0.4 is 5.32 Å². The van der Waals surface area contributed by atoms with Gasteiger partial charge in [0.25, 0.3) is 17.7 Å². The summed E-state index contributed by atoms with van der Waals surface area (Å²) in [6.45, 7) is 0.502. The topological polar surface area (TPSA) is 110 Å². The lowest BCUT2D eigenvalue weighted by Gasteiger charge is -2.13. The van der Waals surface area contributed by atoms with Crippen molar-refractivity contribution >= 4 is 81.6 Å². The number of nitrogens with zero attached hydrogens (tertiary/aromatic N) is 1. The number of rotatable bonds is 7. The summed E-state index contributed by atoms with van der Waals surface area (Å²) in [6.07, 6.45) is -0.372. The maximum absolute atomic E-state index is 12.6. The zero-order valence-corrected chi connectivity index (χ0v) is 19.9. The Morgan fingerprint density at radius 3 is 1.88 bits per heavy atom. The fourth-order valence-corrected chi connectivity index (χ4v) is 4.02. The van der Waals surface area contributed by atoms with Crippen molar-refractivity contribution < 1.29 is 28.7 Å². The quantitative estimate of drug-likeness (QED) is 0.183. The van der Waals surface area contributed by atoms with Crippen molar-refractivity contribution in [1.29, 1.82) is 0 Å². The van der Waals surface area contributed by atoms with Gasteiger partial charge in [-0.1, -0.05) is 46.4 Å². The summed E-state index contributed by atoms with van der Waals surface area (Å²) in [6, 6.07) is 6.16. The highest BCUT2D eigenvalue weighted by Gasteiger charge is 2.41. The molecule has 3 rings (SSSR count). The van der Waals surface area contributed by atoms with Crippen molar-refractivity contribution in [3.8, 4) is 0 Å². The number of esters is 1. The molecule has 1 aliphatic rings. The van der Waals surface area contributed by atoms with Gasteiger partial charge in [0.2, 0.25) is 0 Å². The van der Waals surface area contributed by atoms with Gasteiger partial charge < -0.3 is 10.1 Å². The number of carbonyl (C=O) groups excluding carboxylic acids is 5. The number of halogens is 4. The van der Waals surface area contributed by atoms with Gasteiger partial charge in [-0.15, -0.1) is 0 Å². The van der Waals surface area contributed by atoms with Crippen LogP contribution in [0, 0.1) is 0 Å². The number of amides is 3. The summed E-state index contributed by atoms with van der Waals surface area (Å²) < 4.78 is 4.88. The van der Waals surface area contributed by atoms with Crippen molar-refractivity contribution in [3.63, 3.8) is 0 Å². The lowest BCUT2D eigenvalue weighted by atomic mass is 10.1. The van der Waals surface area contributed by atoms with Crippen LogP contribution in [0.1, 0.15) is 44.4 Å². The van der Waals surface area contributed by atoms with Crippen LogP contribution in [-0.2, 0) is 14.3 Å². The SMILES string of the molecule is CC(=O)c1ccc(NC(=O)COC(=O)CCN2C(=O)c3c(Cl)c(Cl)c(Cl)c(Cl)c3C2=O)cc1. The van der Waals surface area contributed by atoms with Gasteiger partial charge in [-0.3, -0.25) is 28.9 Å². The third-order valence-corrected chi connectivity index (χ3v) is 6.47. The molecule has 0 bridgehead atoms. The molecule has 8 nitrogen and oxygen atoms in total. The van der Waals surface area contributed by atoms with Crippen LogP contribution in [0.3, 0.4) is 0 Å². The second-order valence-electron chi connectivity index (χ2n) is 6.86. The number of ether oxygens (including phenoxy) is 1. The Hall–Kier alpha value is -2.65. The third-order valence-electron chi connectivity index (χ3n) is 4.66. The van der Waals surface area contributed by atoms with Gasteiger partial charge in [0.1, 0.15) is 0 Å². The minimum Gasteiger partial charge on any atom is -0.456 e. The molecule has 0 radical (unpaired) electrons. The molecule has 3 amide bonds. The van der Waals surface area contributed by atoms with Gasteiger partial charge in [-0.05, 0) is 31.2 Å². The predicted molar refractivity (Wildman–Crippen MR) is 123 cm³/mol. The number of imide groups is 1. The number of hydrogen-bond acceptors (Lipinski definition) is 6. The Labute approximate surface area is 207 Å². The number of ketones is 1. The molecule has 1 N–H and O–H groups in total. The molecule has 0 saturated heterocycles. The maximum atomic E-state index is 12.6. The van der Waals surface area contributed by atoms with E-state index in [4.69, 9.17) is 51.1 Å². The van der Waals surface area contributed by atoms with Crippen LogP contribution in [0.15, 0.2) is 24.3 Å². The molecule has 33 heavy (non-hydrogen) atoms. The van der Waals surface area contributed by atoms with Crippen LogP contribution in [0.2, 0.25) is 20.1 Å². The predicted octanol–water partition coefficient (Wildman–Crippen LogP) is 4.67. The van der Waals surface area contributed by atoms with Gasteiger partial charge >= 0.3 is 5.97 Å². The van der Waals surface area contributed by atoms with Crippen molar-refractivity contribution in [1.82, 2.24) is 4.90 Å². The number of anilines is 1. The highest BCUT2D eigenvalue weighted by molar-refractivity contribution is 6.55. The third kappa shape index (κ3) is 5.14. The second-order valence-corrected chi connectivity index (χ2v) is 8.37. The first kappa shape index (κ1) is 25.0. The number of hydrogen-bond donors (Lipinski definition) is 1. The van der Waals surface area contributed by atoms with E-state index in [1.165, 1.54) is 19.1 Å². The normalized spacial score (nSPS) is 12.6. The minimum absolute atomic E-state index is 0.115. The molecule has 1 aliphatic heterocycles. The van der Waals surface area contributed by atoms with E-state index >= 15 is 0 Å². The summed E-state index contributed by atoms with van der Waals surface area (Å²) in [4.78, 5) is 61.2. The van der Waals surface area contributed by atoms with Crippen LogP contribution in [0.4, 0.5) is 5.69 Å². The van der Waals surface area contributed by atoms with E-state index in [0.717, 1.165) is 4.90 Å². The fraction of sp³-hybridized carbons (Fsp3) is 0.190. The molecule has 0 saturated carbocycles. The van der Waals surface area contributed by atoms with E-state index in [-0.39, 0.29) is 50.0 Å². The zero-order chi connectivity index (χ0) is 24.4. The van der Waals surface area contributed by atoms with E-state index in [1.54, 1.807) is 12.1 Å². The van der Waals surface area contributed by atoms with E-state index in [2.05, 4.69) is 5.32 Å². The van der Waals surface area contributed by atoms with Crippen LogP contribution in [0.5, 0.6) is 0 Å². The highest BCUT2D eigenvalue weighted by Crippen LogP contribution is 2.44. The number of Topliss-reactive ketones (excluding diaryl/α,β-unsaturated/α-hetero) is 1. The number of nitrogens with one attached hydrogen (secondary N) is 1.